The van der Waals surface area contributed by atoms with Gasteiger partial charge in [0.05, 0.1) is 10.7 Å². The van der Waals surface area contributed by atoms with Gasteiger partial charge in [-0.2, -0.15) is 0 Å². The standard InChI is InChI=1S/C13H11Cl3N2/c14-10-5-8(17)6-11(15)9(10)3-7-1-2-13(18)12(16)4-7/h1-2,4-6H,3,17-18H2. The van der Waals surface area contributed by atoms with Gasteiger partial charge in [-0.15, -0.1) is 0 Å². The first-order valence-electron chi connectivity index (χ1n) is 5.24. The predicted molar refractivity (Wildman–Crippen MR) is 79.5 cm³/mol. The summed E-state index contributed by atoms with van der Waals surface area (Å²) >= 11 is 18.2. The lowest BCUT2D eigenvalue weighted by Crippen LogP contribution is -1.95. The Kier molecular flexibility index (Phi) is 3.91. The van der Waals surface area contributed by atoms with Crippen LogP contribution in [-0.2, 0) is 6.42 Å². The summed E-state index contributed by atoms with van der Waals surface area (Å²) in [5.74, 6) is 0. The van der Waals surface area contributed by atoms with Crippen molar-refractivity contribution in [1.29, 1.82) is 0 Å². The number of nitrogens with two attached hydrogens (primary N) is 2. The molecule has 0 spiro atoms. The molecule has 5 heteroatoms. The minimum absolute atomic E-state index is 0.523. The van der Waals surface area contributed by atoms with Crippen LogP contribution in [0.3, 0.4) is 0 Å². The highest BCUT2D eigenvalue weighted by atomic mass is 35.5. The van der Waals surface area contributed by atoms with Crippen LogP contribution >= 0.6 is 34.8 Å². The fourth-order valence-corrected chi connectivity index (χ4v) is 2.52. The Labute approximate surface area is 120 Å². The largest absolute Gasteiger partial charge is 0.399 e. The summed E-state index contributed by atoms with van der Waals surface area (Å²) in [6.45, 7) is 0. The van der Waals surface area contributed by atoms with Crippen molar-refractivity contribution >= 4 is 46.2 Å². The molecule has 0 saturated carbocycles. The molecule has 0 heterocycles. The molecule has 0 unspecified atom stereocenters. The molecule has 0 aliphatic rings. The molecule has 2 aromatic carbocycles. The normalized spacial score (nSPS) is 10.6. The Bertz CT molecular complexity index is 574. The first-order chi connectivity index (χ1) is 8.47. The first kappa shape index (κ1) is 13.3. The second kappa shape index (κ2) is 5.27. The van der Waals surface area contributed by atoms with Crippen LogP contribution in [0.4, 0.5) is 11.4 Å². The van der Waals surface area contributed by atoms with Crippen LogP contribution in [0.1, 0.15) is 11.1 Å². The molecule has 0 radical (unpaired) electrons. The molecular formula is C13H11Cl3N2. The quantitative estimate of drug-likeness (QED) is 0.808. The summed E-state index contributed by atoms with van der Waals surface area (Å²) in [5.41, 5.74) is 14.2. The third-order valence-electron chi connectivity index (χ3n) is 2.61. The molecule has 0 bridgehead atoms. The topological polar surface area (TPSA) is 52.0 Å². The Morgan fingerprint density at radius 1 is 0.833 bits per heavy atom. The number of rotatable bonds is 2. The van der Waals surface area contributed by atoms with Gasteiger partial charge in [-0.1, -0.05) is 40.9 Å². The number of anilines is 2. The van der Waals surface area contributed by atoms with Crippen LogP contribution in [0.5, 0.6) is 0 Å². The van der Waals surface area contributed by atoms with Crippen molar-refractivity contribution in [3.05, 3.63) is 56.5 Å². The minimum atomic E-state index is 0.523. The Hall–Kier alpha value is -1.09. The molecule has 18 heavy (non-hydrogen) atoms. The molecule has 2 aromatic rings. The summed E-state index contributed by atoms with van der Waals surface area (Å²) in [5, 5.41) is 1.62. The van der Waals surface area contributed by atoms with Crippen molar-refractivity contribution in [3.8, 4) is 0 Å². The molecule has 4 N–H and O–H groups in total. The van der Waals surface area contributed by atoms with Gasteiger partial charge in [0, 0.05) is 22.2 Å². The van der Waals surface area contributed by atoms with Gasteiger partial charge in [0.1, 0.15) is 0 Å². The lowest BCUT2D eigenvalue weighted by atomic mass is 10.0. The van der Waals surface area contributed by atoms with E-state index in [1.165, 1.54) is 0 Å². The average molecular weight is 302 g/mol. The number of hydrogen-bond acceptors (Lipinski definition) is 2. The van der Waals surface area contributed by atoms with Gasteiger partial charge in [0.2, 0.25) is 0 Å². The third kappa shape index (κ3) is 2.83. The number of hydrogen-bond donors (Lipinski definition) is 2. The molecule has 0 aliphatic heterocycles. The summed E-state index contributed by atoms with van der Waals surface area (Å²) in [7, 11) is 0. The minimum Gasteiger partial charge on any atom is -0.399 e. The van der Waals surface area contributed by atoms with E-state index in [-0.39, 0.29) is 0 Å². The van der Waals surface area contributed by atoms with Crippen LogP contribution in [0.25, 0.3) is 0 Å². The van der Waals surface area contributed by atoms with Gasteiger partial charge in [0.15, 0.2) is 0 Å². The maximum atomic E-state index is 6.13. The van der Waals surface area contributed by atoms with E-state index in [1.807, 2.05) is 6.07 Å². The lowest BCUT2D eigenvalue weighted by molar-refractivity contribution is 1.19. The van der Waals surface area contributed by atoms with Crippen molar-refractivity contribution < 1.29 is 0 Å². The summed E-state index contributed by atoms with van der Waals surface area (Å²) in [4.78, 5) is 0. The second-order valence-electron chi connectivity index (χ2n) is 4.00. The summed E-state index contributed by atoms with van der Waals surface area (Å²) in [6.07, 6.45) is 0.581. The Morgan fingerprint density at radius 2 is 1.44 bits per heavy atom. The van der Waals surface area contributed by atoms with Crippen LogP contribution in [-0.4, -0.2) is 0 Å². The Morgan fingerprint density at radius 3 is 2.00 bits per heavy atom. The van der Waals surface area contributed by atoms with Gasteiger partial charge < -0.3 is 11.5 Å². The van der Waals surface area contributed by atoms with Crippen LogP contribution in [0.2, 0.25) is 15.1 Å². The molecule has 0 aromatic heterocycles. The molecular weight excluding hydrogens is 291 g/mol. The van der Waals surface area contributed by atoms with Crippen molar-refractivity contribution in [2.45, 2.75) is 6.42 Å². The van der Waals surface area contributed by atoms with Crippen molar-refractivity contribution in [2.75, 3.05) is 11.5 Å². The van der Waals surface area contributed by atoms with E-state index in [0.717, 1.165) is 11.1 Å². The fraction of sp³-hybridized carbons (Fsp3) is 0.0769. The average Bonchev–Trinajstić information content (AvgIpc) is 2.28. The van der Waals surface area contributed by atoms with E-state index in [0.29, 0.717) is 32.9 Å². The van der Waals surface area contributed by atoms with Crippen molar-refractivity contribution in [2.24, 2.45) is 0 Å². The zero-order valence-electron chi connectivity index (χ0n) is 9.38. The third-order valence-corrected chi connectivity index (χ3v) is 3.61. The first-order valence-corrected chi connectivity index (χ1v) is 6.38. The van der Waals surface area contributed by atoms with E-state index < -0.39 is 0 Å². The maximum Gasteiger partial charge on any atom is 0.0638 e. The van der Waals surface area contributed by atoms with Crippen molar-refractivity contribution in [3.63, 3.8) is 0 Å². The van der Waals surface area contributed by atoms with E-state index >= 15 is 0 Å². The van der Waals surface area contributed by atoms with Gasteiger partial charge >= 0.3 is 0 Å². The molecule has 2 nitrogen and oxygen atoms in total. The highest BCUT2D eigenvalue weighted by Gasteiger charge is 2.09. The summed E-state index contributed by atoms with van der Waals surface area (Å²) < 4.78 is 0. The zero-order valence-corrected chi connectivity index (χ0v) is 11.7. The van der Waals surface area contributed by atoms with Crippen molar-refractivity contribution in [1.82, 2.24) is 0 Å². The molecule has 0 atom stereocenters. The molecule has 0 amide bonds. The predicted octanol–water partition coefficient (Wildman–Crippen LogP) is 4.40. The molecule has 0 saturated heterocycles. The monoisotopic (exact) mass is 300 g/mol. The molecule has 0 aliphatic carbocycles. The molecule has 2 rings (SSSR count). The van der Waals surface area contributed by atoms with Gasteiger partial charge in [-0.05, 0) is 35.4 Å². The number of halogens is 3. The number of nitrogen functional groups attached to an aromatic ring is 2. The van der Waals surface area contributed by atoms with Crippen LogP contribution in [0, 0.1) is 0 Å². The van der Waals surface area contributed by atoms with Gasteiger partial charge in [0.25, 0.3) is 0 Å². The number of benzene rings is 2. The maximum absolute atomic E-state index is 6.13. The highest BCUT2D eigenvalue weighted by molar-refractivity contribution is 6.36. The zero-order chi connectivity index (χ0) is 13.3. The van der Waals surface area contributed by atoms with Gasteiger partial charge in [-0.3, -0.25) is 0 Å². The second-order valence-corrected chi connectivity index (χ2v) is 5.22. The van der Waals surface area contributed by atoms with E-state index in [2.05, 4.69) is 0 Å². The van der Waals surface area contributed by atoms with Crippen LogP contribution < -0.4 is 11.5 Å². The Balaban J connectivity index is 2.37. The fourth-order valence-electron chi connectivity index (χ4n) is 1.68. The molecule has 94 valence electrons. The van der Waals surface area contributed by atoms with E-state index in [1.54, 1.807) is 24.3 Å². The molecule has 0 fully saturated rings. The van der Waals surface area contributed by atoms with E-state index in [4.69, 9.17) is 46.3 Å². The smallest absolute Gasteiger partial charge is 0.0638 e. The summed E-state index contributed by atoms with van der Waals surface area (Å²) in [6, 6.07) is 8.82. The van der Waals surface area contributed by atoms with E-state index in [9.17, 15) is 0 Å². The SMILES string of the molecule is Nc1cc(Cl)c(Cc2ccc(N)c(Cl)c2)c(Cl)c1. The van der Waals surface area contributed by atoms with Gasteiger partial charge in [-0.25, -0.2) is 0 Å². The lowest BCUT2D eigenvalue weighted by Gasteiger charge is -2.09. The highest BCUT2D eigenvalue weighted by Crippen LogP contribution is 2.31. The van der Waals surface area contributed by atoms with Crippen LogP contribution in [0.15, 0.2) is 30.3 Å².